The number of hydrogen-bond acceptors (Lipinski definition) is 10. The van der Waals surface area contributed by atoms with Crippen LogP contribution in [-0.2, 0) is 6.54 Å². The Bertz CT molecular complexity index is 968. The first kappa shape index (κ1) is 21.4. The van der Waals surface area contributed by atoms with Gasteiger partial charge in [-0.15, -0.1) is 0 Å². The molecule has 5 rings (SSSR count). The van der Waals surface area contributed by atoms with Crippen molar-refractivity contribution in [3.05, 3.63) is 30.1 Å². The molecular formula is C22H30N8OS. The second-order valence-corrected chi connectivity index (χ2v) is 9.75. The van der Waals surface area contributed by atoms with Crippen LogP contribution in [0.15, 0.2) is 24.4 Å². The maximum atomic E-state index is 9.82. The topological polar surface area (TPSA) is 102 Å². The Morgan fingerprint density at radius 3 is 2.69 bits per heavy atom. The molecule has 10 heteroatoms. The summed E-state index contributed by atoms with van der Waals surface area (Å²) < 4.78 is 0. The van der Waals surface area contributed by atoms with E-state index < -0.39 is 0 Å². The summed E-state index contributed by atoms with van der Waals surface area (Å²) in [6.07, 6.45) is 5.11. The van der Waals surface area contributed by atoms with Gasteiger partial charge in [0.25, 0.3) is 0 Å². The van der Waals surface area contributed by atoms with Crippen molar-refractivity contribution in [1.82, 2.24) is 29.7 Å². The molecule has 1 aliphatic heterocycles. The van der Waals surface area contributed by atoms with E-state index in [4.69, 9.17) is 9.97 Å². The molecule has 3 aromatic rings. The summed E-state index contributed by atoms with van der Waals surface area (Å²) in [6.45, 7) is 5.02. The van der Waals surface area contributed by atoms with Crippen LogP contribution >= 0.6 is 11.3 Å². The van der Waals surface area contributed by atoms with Crippen LogP contribution in [0.4, 0.5) is 16.9 Å². The molecule has 1 saturated heterocycles. The summed E-state index contributed by atoms with van der Waals surface area (Å²) in [7, 11) is 2.17. The van der Waals surface area contributed by atoms with E-state index in [0.717, 1.165) is 85.4 Å². The fraction of sp³-hybridized carbons (Fsp3) is 0.545. The zero-order valence-corrected chi connectivity index (χ0v) is 19.2. The lowest BCUT2D eigenvalue weighted by Crippen LogP contribution is -2.44. The zero-order valence-electron chi connectivity index (χ0n) is 18.4. The highest BCUT2D eigenvalue weighted by Crippen LogP contribution is 2.27. The van der Waals surface area contributed by atoms with E-state index >= 15 is 0 Å². The highest BCUT2D eigenvalue weighted by molar-refractivity contribution is 7.21. The van der Waals surface area contributed by atoms with E-state index in [2.05, 4.69) is 37.4 Å². The molecule has 1 aliphatic carbocycles. The fourth-order valence-corrected chi connectivity index (χ4v) is 5.09. The Hall–Kier alpha value is -2.40. The van der Waals surface area contributed by atoms with E-state index in [-0.39, 0.29) is 12.1 Å². The van der Waals surface area contributed by atoms with Crippen LogP contribution in [0.1, 0.15) is 31.4 Å². The standard InChI is InChI=1S/C22H30N8OS/c1-29-9-11-30(12-10-29)14-16-13-19(28-22-26-18-3-2-8-23-20(18)32-22)27-21(25-16)24-15-4-6-17(31)7-5-15/h2-3,8,13,15,17,31H,4-7,9-12,14H2,1H3,(H2,24,25,26,27,28). The number of piperazine rings is 1. The number of hydrogen-bond donors (Lipinski definition) is 3. The summed E-state index contributed by atoms with van der Waals surface area (Å²) in [5, 5.41) is 17.5. The predicted molar refractivity (Wildman–Crippen MR) is 127 cm³/mol. The van der Waals surface area contributed by atoms with Crippen LogP contribution in [0.3, 0.4) is 0 Å². The Morgan fingerprint density at radius 1 is 1.09 bits per heavy atom. The van der Waals surface area contributed by atoms with Gasteiger partial charge in [-0.05, 0) is 44.9 Å². The molecule has 0 amide bonds. The molecule has 2 aliphatic rings. The summed E-state index contributed by atoms with van der Waals surface area (Å²) in [5.74, 6) is 1.38. The van der Waals surface area contributed by atoms with E-state index in [9.17, 15) is 5.11 Å². The van der Waals surface area contributed by atoms with Crippen molar-refractivity contribution in [3.63, 3.8) is 0 Å². The number of aliphatic hydroxyl groups excluding tert-OH is 1. The van der Waals surface area contributed by atoms with Gasteiger partial charge in [0.05, 0.1) is 11.8 Å². The number of likely N-dealkylation sites (N-methyl/N-ethyl adjacent to an activating group) is 1. The number of pyridine rings is 1. The summed E-state index contributed by atoms with van der Waals surface area (Å²) >= 11 is 1.52. The lowest BCUT2D eigenvalue weighted by molar-refractivity contribution is 0.126. The first-order valence-corrected chi connectivity index (χ1v) is 12.1. The fourth-order valence-electron chi connectivity index (χ4n) is 4.28. The number of thiazole rings is 1. The Labute approximate surface area is 191 Å². The maximum absolute atomic E-state index is 9.82. The van der Waals surface area contributed by atoms with Crippen molar-refractivity contribution in [2.24, 2.45) is 0 Å². The quantitative estimate of drug-likeness (QED) is 0.519. The number of aromatic nitrogens is 4. The average Bonchev–Trinajstić information content (AvgIpc) is 3.19. The van der Waals surface area contributed by atoms with Crippen LogP contribution in [0.5, 0.6) is 0 Å². The molecular weight excluding hydrogens is 424 g/mol. The first-order valence-electron chi connectivity index (χ1n) is 11.3. The third-order valence-electron chi connectivity index (χ3n) is 6.19. The Balaban J connectivity index is 1.36. The van der Waals surface area contributed by atoms with Gasteiger partial charge in [0.1, 0.15) is 16.2 Å². The van der Waals surface area contributed by atoms with Gasteiger partial charge in [-0.2, -0.15) is 4.98 Å². The Morgan fingerprint density at radius 2 is 1.91 bits per heavy atom. The summed E-state index contributed by atoms with van der Waals surface area (Å²) in [6, 6.07) is 6.17. The summed E-state index contributed by atoms with van der Waals surface area (Å²) in [5.41, 5.74) is 1.87. The van der Waals surface area contributed by atoms with Crippen molar-refractivity contribution < 1.29 is 5.11 Å². The minimum atomic E-state index is -0.178. The van der Waals surface area contributed by atoms with Gasteiger partial charge in [-0.25, -0.2) is 15.0 Å². The van der Waals surface area contributed by atoms with Gasteiger partial charge in [-0.3, -0.25) is 4.90 Å². The van der Waals surface area contributed by atoms with Gasteiger partial charge in [0.15, 0.2) is 5.13 Å². The van der Waals surface area contributed by atoms with Gasteiger partial charge in [0.2, 0.25) is 5.95 Å². The number of nitrogens with one attached hydrogen (secondary N) is 2. The molecule has 3 aromatic heterocycles. The molecule has 32 heavy (non-hydrogen) atoms. The average molecular weight is 455 g/mol. The van der Waals surface area contributed by atoms with Crippen LogP contribution in [0.25, 0.3) is 10.3 Å². The van der Waals surface area contributed by atoms with Crippen LogP contribution < -0.4 is 10.6 Å². The van der Waals surface area contributed by atoms with Crippen LogP contribution in [0.2, 0.25) is 0 Å². The van der Waals surface area contributed by atoms with Crippen molar-refractivity contribution >= 4 is 38.6 Å². The Kier molecular flexibility index (Phi) is 6.44. The number of anilines is 3. The normalized spacial score (nSPS) is 22.8. The van der Waals surface area contributed by atoms with E-state index in [1.54, 1.807) is 6.20 Å². The second kappa shape index (κ2) is 9.62. The second-order valence-electron chi connectivity index (χ2n) is 8.77. The largest absolute Gasteiger partial charge is 0.393 e. The minimum Gasteiger partial charge on any atom is -0.393 e. The molecule has 4 heterocycles. The van der Waals surface area contributed by atoms with Gasteiger partial charge in [0, 0.05) is 51.0 Å². The lowest BCUT2D eigenvalue weighted by Gasteiger charge is -2.32. The monoisotopic (exact) mass is 454 g/mol. The third kappa shape index (κ3) is 5.32. The van der Waals surface area contributed by atoms with Gasteiger partial charge in [-0.1, -0.05) is 11.3 Å². The number of fused-ring (bicyclic) bond motifs is 1. The van der Waals surface area contributed by atoms with E-state index in [1.807, 2.05) is 18.2 Å². The van der Waals surface area contributed by atoms with Crippen molar-refractivity contribution in [2.45, 2.75) is 44.4 Å². The number of nitrogens with zero attached hydrogens (tertiary/aromatic N) is 6. The smallest absolute Gasteiger partial charge is 0.225 e. The molecule has 170 valence electrons. The summed E-state index contributed by atoms with van der Waals surface area (Å²) in [4.78, 5) is 24.3. The predicted octanol–water partition coefficient (Wildman–Crippen LogP) is 2.69. The molecule has 0 spiro atoms. The molecule has 2 fully saturated rings. The van der Waals surface area contributed by atoms with Crippen molar-refractivity contribution in [1.29, 1.82) is 0 Å². The molecule has 0 atom stereocenters. The maximum Gasteiger partial charge on any atom is 0.225 e. The molecule has 0 radical (unpaired) electrons. The molecule has 3 N–H and O–H groups in total. The molecule has 0 unspecified atom stereocenters. The number of aliphatic hydroxyl groups is 1. The molecule has 9 nitrogen and oxygen atoms in total. The third-order valence-corrected chi connectivity index (χ3v) is 7.09. The molecule has 0 bridgehead atoms. The van der Waals surface area contributed by atoms with Crippen molar-refractivity contribution in [2.75, 3.05) is 43.9 Å². The lowest BCUT2D eigenvalue weighted by atomic mass is 9.93. The highest BCUT2D eigenvalue weighted by atomic mass is 32.1. The highest BCUT2D eigenvalue weighted by Gasteiger charge is 2.21. The van der Waals surface area contributed by atoms with Crippen molar-refractivity contribution in [3.8, 4) is 0 Å². The van der Waals surface area contributed by atoms with Crippen LogP contribution in [0, 0.1) is 0 Å². The van der Waals surface area contributed by atoms with Gasteiger partial charge < -0.3 is 20.6 Å². The molecule has 0 aromatic carbocycles. The first-order chi connectivity index (χ1) is 15.6. The van der Waals surface area contributed by atoms with E-state index in [0.29, 0.717) is 5.95 Å². The van der Waals surface area contributed by atoms with E-state index in [1.165, 1.54) is 11.3 Å². The zero-order chi connectivity index (χ0) is 21.9. The van der Waals surface area contributed by atoms with Gasteiger partial charge >= 0.3 is 0 Å². The number of rotatable bonds is 6. The minimum absolute atomic E-state index is 0.178. The molecule has 1 saturated carbocycles. The van der Waals surface area contributed by atoms with Crippen LogP contribution in [-0.4, -0.2) is 80.2 Å². The SMILES string of the molecule is CN1CCN(Cc2cc(Nc3nc4cccnc4s3)nc(NC3CCC(O)CC3)n2)CC1.